The summed E-state index contributed by atoms with van der Waals surface area (Å²) in [6, 6.07) is 9.85. The first kappa shape index (κ1) is 16.6. The van der Waals surface area contributed by atoms with Crippen LogP contribution in [0.3, 0.4) is 0 Å². The molecule has 0 spiro atoms. The molecule has 1 amide bonds. The van der Waals surface area contributed by atoms with E-state index in [-0.39, 0.29) is 6.09 Å². The molecule has 1 aliphatic rings. The van der Waals surface area contributed by atoms with Crippen LogP contribution in [0.15, 0.2) is 42.0 Å². The molecule has 22 heavy (non-hydrogen) atoms. The molecule has 0 saturated heterocycles. The molecule has 0 atom stereocenters. The fraction of sp³-hybridized carbons (Fsp3) is 0.526. The average Bonchev–Trinajstić information content (AvgIpc) is 2.80. The van der Waals surface area contributed by atoms with Crippen molar-refractivity contribution in [1.29, 1.82) is 0 Å². The van der Waals surface area contributed by atoms with Crippen LogP contribution in [-0.2, 0) is 11.3 Å². The maximum absolute atomic E-state index is 12.3. The molecular formula is C19H27NO2. The summed E-state index contributed by atoms with van der Waals surface area (Å²) in [6.07, 6.45) is 9.05. The lowest BCUT2D eigenvalue weighted by atomic mass is 10.1. The number of ether oxygens (including phenoxy) is 1. The van der Waals surface area contributed by atoms with Crippen molar-refractivity contribution in [3.05, 3.63) is 47.5 Å². The number of benzene rings is 1. The van der Waals surface area contributed by atoms with Crippen LogP contribution < -0.4 is 0 Å². The third-order valence-electron chi connectivity index (χ3n) is 4.02. The lowest BCUT2D eigenvalue weighted by molar-refractivity contribution is 0.0993. The molecule has 1 heterocycles. The maximum Gasteiger partial charge on any atom is 0.410 e. The summed E-state index contributed by atoms with van der Waals surface area (Å²) in [4.78, 5) is 14.1. The lowest BCUT2D eigenvalue weighted by Crippen LogP contribution is -2.33. The summed E-state index contributed by atoms with van der Waals surface area (Å²) in [5, 5.41) is 0. The number of allylic oxidation sites excluding steroid dienone is 1. The number of nitrogens with zero attached hydrogens (tertiary/aromatic N) is 1. The minimum Gasteiger partial charge on any atom is -0.445 e. The van der Waals surface area contributed by atoms with Gasteiger partial charge >= 0.3 is 6.09 Å². The zero-order valence-electron chi connectivity index (χ0n) is 13.6. The van der Waals surface area contributed by atoms with Crippen molar-refractivity contribution in [2.24, 2.45) is 0 Å². The fourth-order valence-corrected chi connectivity index (χ4v) is 2.73. The summed E-state index contributed by atoms with van der Waals surface area (Å²) >= 11 is 0. The third-order valence-corrected chi connectivity index (χ3v) is 4.02. The van der Waals surface area contributed by atoms with Gasteiger partial charge < -0.3 is 9.64 Å². The van der Waals surface area contributed by atoms with E-state index < -0.39 is 0 Å². The topological polar surface area (TPSA) is 29.5 Å². The van der Waals surface area contributed by atoms with Gasteiger partial charge in [0.15, 0.2) is 0 Å². The van der Waals surface area contributed by atoms with Crippen LogP contribution in [0, 0.1) is 0 Å². The number of hydrogen-bond donors (Lipinski definition) is 0. The highest BCUT2D eigenvalue weighted by Crippen LogP contribution is 2.17. The van der Waals surface area contributed by atoms with E-state index in [1.165, 1.54) is 24.8 Å². The monoisotopic (exact) mass is 301 g/mol. The number of carbonyl (C=O) groups excluding carboxylic acids is 1. The SMILES string of the molecule is CCCCCC1=CCCCN(C(=O)OCc2ccccc2)C1. The molecule has 0 aliphatic carbocycles. The number of rotatable bonds is 6. The molecule has 1 aromatic rings. The molecule has 0 bridgehead atoms. The molecule has 1 aromatic carbocycles. The van der Waals surface area contributed by atoms with Gasteiger partial charge in [0, 0.05) is 13.1 Å². The highest BCUT2D eigenvalue weighted by atomic mass is 16.6. The second kappa shape index (κ2) is 9.29. The zero-order valence-corrected chi connectivity index (χ0v) is 13.6. The van der Waals surface area contributed by atoms with Crippen molar-refractivity contribution in [2.75, 3.05) is 13.1 Å². The van der Waals surface area contributed by atoms with E-state index >= 15 is 0 Å². The van der Waals surface area contributed by atoms with Gasteiger partial charge in [0.25, 0.3) is 0 Å². The Morgan fingerprint density at radius 3 is 2.82 bits per heavy atom. The Balaban J connectivity index is 1.82. The standard InChI is InChI=1S/C19H27NO2/c1-2-3-5-10-17-11-8-9-14-20(15-17)19(21)22-16-18-12-6-4-7-13-18/h4,6-7,11-13H,2-3,5,8-10,14-16H2,1H3. The molecule has 0 aromatic heterocycles. The highest BCUT2D eigenvalue weighted by molar-refractivity contribution is 5.68. The average molecular weight is 301 g/mol. The van der Waals surface area contributed by atoms with Crippen LogP contribution >= 0.6 is 0 Å². The number of carbonyl (C=O) groups is 1. The summed E-state index contributed by atoms with van der Waals surface area (Å²) in [7, 11) is 0. The number of hydrogen-bond acceptors (Lipinski definition) is 2. The Bertz CT molecular complexity index is 481. The first-order chi connectivity index (χ1) is 10.8. The number of amides is 1. The molecule has 0 saturated carbocycles. The molecular weight excluding hydrogens is 274 g/mol. The van der Waals surface area contributed by atoms with Crippen molar-refractivity contribution in [3.63, 3.8) is 0 Å². The summed E-state index contributed by atoms with van der Waals surface area (Å²) < 4.78 is 5.46. The van der Waals surface area contributed by atoms with Gasteiger partial charge in [-0.2, -0.15) is 0 Å². The van der Waals surface area contributed by atoms with E-state index in [0.29, 0.717) is 6.61 Å². The molecule has 3 nitrogen and oxygen atoms in total. The first-order valence-electron chi connectivity index (χ1n) is 8.43. The molecule has 120 valence electrons. The largest absolute Gasteiger partial charge is 0.445 e. The fourth-order valence-electron chi connectivity index (χ4n) is 2.73. The second-order valence-electron chi connectivity index (χ2n) is 5.92. The molecule has 0 N–H and O–H groups in total. The predicted molar refractivity (Wildman–Crippen MR) is 89.7 cm³/mol. The van der Waals surface area contributed by atoms with Crippen LogP contribution in [0.1, 0.15) is 51.0 Å². The van der Waals surface area contributed by atoms with E-state index in [2.05, 4.69) is 13.0 Å². The van der Waals surface area contributed by atoms with Crippen molar-refractivity contribution in [3.8, 4) is 0 Å². The molecule has 3 heteroatoms. The molecule has 0 unspecified atom stereocenters. The Morgan fingerprint density at radius 1 is 1.23 bits per heavy atom. The van der Waals surface area contributed by atoms with E-state index in [0.717, 1.165) is 37.9 Å². The van der Waals surface area contributed by atoms with Crippen molar-refractivity contribution >= 4 is 6.09 Å². The van der Waals surface area contributed by atoms with Crippen LogP contribution in [-0.4, -0.2) is 24.1 Å². The van der Waals surface area contributed by atoms with Crippen LogP contribution in [0.2, 0.25) is 0 Å². The summed E-state index contributed by atoms with van der Waals surface area (Å²) in [5.74, 6) is 0. The van der Waals surface area contributed by atoms with Crippen LogP contribution in [0.5, 0.6) is 0 Å². The summed E-state index contributed by atoms with van der Waals surface area (Å²) in [6.45, 7) is 4.10. The molecule has 1 aliphatic heterocycles. The first-order valence-corrected chi connectivity index (χ1v) is 8.43. The molecule has 2 rings (SSSR count). The third kappa shape index (κ3) is 5.55. The Kier molecular flexibility index (Phi) is 7.01. The predicted octanol–water partition coefficient (Wildman–Crippen LogP) is 4.93. The van der Waals surface area contributed by atoms with Gasteiger partial charge in [0.1, 0.15) is 6.61 Å². The quantitative estimate of drug-likeness (QED) is 0.551. The van der Waals surface area contributed by atoms with E-state index in [1.807, 2.05) is 35.2 Å². The normalized spacial score (nSPS) is 15.1. The van der Waals surface area contributed by atoms with Gasteiger partial charge in [-0.25, -0.2) is 4.79 Å². The molecule has 0 radical (unpaired) electrons. The number of unbranched alkanes of at least 4 members (excludes halogenated alkanes) is 2. The van der Waals surface area contributed by atoms with Gasteiger partial charge in [-0.3, -0.25) is 0 Å². The van der Waals surface area contributed by atoms with Crippen molar-refractivity contribution < 1.29 is 9.53 Å². The van der Waals surface area contributed by atoms with Gasteiger partial charge in [0.05, 0.1) is 0 Å². The summed E-state index contributed by atoms with van der Waals surface area (Å²) in [5.41, 5.74) is 2.42. The van der Waals surface area contributed by atoms with Gasteiger partial charge in [0.2, 0.25) is 0 Å². The second-order valence-corrected chi connectivity index (χ2v) is 5.92. The highest BCUT2D eigenvalue weighted by Gasteiger charge is 2.18. The smallest absolute Gasteiger partial charge is 0.410 e. The Morgan fingerprint density at radius 2 is 2.05 bits per heavy atom. The van der Waals surface area contributed by atoms with E-state index in [1.54, 1.807) is 0 Å². The van der Waals surface area contributed by atoms with Crippen LogP contribution in [0.25, 0.3) is 0 Å². The minimum atomic E-state index is -0.188. The van der Waals surface area contributed by atoms with Gasteiger partial charge in [-0.05, 0) is 31.2 Å². The zero-order chi connectivity index (χ0) is 15.6. The lowest BCUT2D eigenvalue weighted by Gasteiger charge is -2.21. The minimum absolute atomic E-state index is 0.188. The van der Waals surface area contributed by atoms with E-state index in [4.69, 9.17) is 4.74 Å². The Labute approximate surface area is 134 Å². The van der Waals surface area contributed by atoms with Crippen molar-refractivity contribution in [1.82, 2.24) is 4.90 Å². The van der Waals surface area contributed by atoms with Gasteiger partial charge in [-0.15, -0.1) is 0 Å². The Hall–Kier alpha value is -1.77. The maximum atomic E-state index is 12.3. The van der Waals surface area contributed by atoms with Crippen molar-refractivity contribution in [2.45, 2.75) is 52.1 Å². The van der Waals surface area contributed by atoms with Gasteiger partial charge in [-0.1, -0.05) is 61.7 Å². The van der Waals surface area contributed by atoms with Crippen LogP contribution in [0.4, 0.5) is 4.79 Å². The molecule has 0 fully saturated rings. The van der Waals surface area contributed by atoms with E-state index in [9.17, 15) is 4.79 Å².